The number of methoxy groups -OCH3 is 3. The highest BCUT2D eigenvalue weighted by molar-refractivity contribution is 14.1. The fourth-order valence-electron chi connectivity index (χ4n) is 6.12. The summed E-state index contributed by atoms with van der Waals surface area (Å²) in [4.78, 5) is 16.7. The second-order valence-corrected chi connectivity index (χ2v) is 18.5. The van der Waals surface area contributed by atoms with Gasteiger partial charge in [0.2, 0.25) is 15.8 Å². The van der Waals surface area contributed by atoms with E-state index in [4.69, 9.17) is 24.0 Å². The summed E-state index contributed by atoms with van der Waals surface area (Å²) in [6.07, 6.45) is 0.266. The van der Waals surface area contributed by atoms with E-state index in [-0.39, 0.29) is 35.2 Å². The third kappa shape index (κ3) is 10.1. The summed E-state index contributed by atoms with van der Waals surface area (Å²) in [5.41, 5.74) is 2.19. The third-order valence-electron chi connectivity index (χ3n) is 8.95. The Kier molecular flexibility index (Phi) is 13.1. The molecule has 4 aromatic carbocycles. The van der Waals surface area contributed by atoms with Crippen molar-refractivity contribution in [2.75, 3.05) is 34.4 Å². The molecule has 5 aromatic rings. The molecule has 296 valence electrons. The van der Waals surface area contributed by atoms with Crippen LogP contribution in [0.1, 0.15) is 43.9 Å². The van der Waals surface area contributed by atoms with E-state index in [1.54, 1.807) is 26.2 Å². The van der Waals surface area contributed by atoms with E-state index in [0.717, 1.165) is 22.4 Å². The highest BCUT2D eigenvalue weighted by atomic mass is 127. The van der Waals surface area contributed by atoms with Crippen molar-refractivity contribution in [3.63, 3.8) is 0 Å². The Morgan fingerprint density at radius 2 is 1.38 bits per heavy atom. The van der Waals surface area contributed by atoms with Gasteiger partial charge in [0.05, 0.1) is 33.4 Å². The summed E-state index contributed by atoms with van der Waals surface area (Å²) in [6, 6.07) is 25.9. The molecule has 0 N–H and O–H groups in total. The number of thioether (sulfide) groups is 1. The molecule has 1 aliphatic heterocycles. The number of halogens is 1. The zero-order chi connectivity index (χ0) is 40.0. The van der Waals surface area contributed by atoms with Crippen LogP contribution in [0.5, 0.6) is 17.2 Å². The van der Waals surface area contributed by atoms with Crippen LogP contribution in [0.4, 0.5) is 4.79 Å². The van der Waals surface area contributed by atoms with Gasteiger partial charge >= 0.3 is 6.09 Å². The van der Waals surface area contributed by atoms with Gasteiger partial charge in [0, 0.05) is 39.9 Å². The fourth-order valence-corrected chi connectivity index (χ4v) is 10.3. The van der Waals surface area contributed by atoms with Crippen molar-refractivity contribution in [1.29, 1.82) is 0 Å². The number of aromatic nitrogens is 4. The maximum Gasteiger partial charge on any atom is 0.410 e. The van der Waals surface area contributed by atoms with Crippen molar-refractivity contribution >= 4 is 50.5 Å². The van der Waals surface area contributed by atoms with Crippen LogP contribution >= 0.6 is 34.4 Å². The number of nitrogens with zero attached hydrogens (tertiary/aromatic N) is 6. The summed E-state index contributed by atoms with van der Waals surface area (Å²) in [5.74, 6) is 2.24. The van der Waals surface area contributed by atoms with Gasteiger partial charge in [0.15, 0.2) is 0 Å². The number of rotatable bonds is 14. The molecule has 1 saturated heterocycles. The molecule has 1 atom stereocenters. The lowest BCUT2D eigenvalue weighted by molar-refractivity contribution is 0.0295. The molecular formula is C40H45IN6O7S2. The quantitative estimate of drug-likeness (QED) is 0.102. The number of sulfonamides is 1. The largest absolute Gasteiger partial charge is 0.497 e. The van der Waals surface area contributed by atoms with E-state index in [0.29, 0.717) is 51.6 Å². The minimum absolute atomic E-state index is 0.0703. The van der Waals surface area contributed by atoms with Crippen molar-refractivity contribution in [1.82, 2.24) is 29.4 Å². The van der Waals surface area contributed by atoms with E-state index in [1.807, 2.05) is 106 Å². The Bertz CT molecular complexity index is 2180. The molecule has 16 heteroatoms. The molecule has 56 heavy (non-hydrogen) atoms. The van der Waals surface area contributed by atoms with Gasteiger partial charge in [0.25, 0.3) is 0 Å². The predicted octanol–water partition coefficient (Wildman–Crippen LogP) is 7.51. The maximum atomic E-state index is 15.5. The molecule has 0 saturated carbocycles. The second-order valence-electron chi connectivity index (χ2n) is 14.2. The lowest BCUT2D eigenvalue weighted by Gasteiger charge is -2.26. The summed E-state index contributed by atoms with van der Waals surface area (Å²) in [7, 11) is 0.483. The topological polar surface area (TPSA) is 138 Å². The Hall–Kier alpha value is -4.39. The van der Waals surface area contributed by atoms with E-state index < -0.39 is 15.6 Å². The standard InChI is InChI=1S/C40H45IN6O7S2/c1-40(2,3)54-39(48)45-22-21-33(26-45)55-35-20-19-34(41)36(38-42-44-47(43-38)25-29-11-17-32(53-6)18-12-29)37(35)56(49,50)46(23-27-7-13-30(51-4)14-8-27)24-28-9-15-31(52-5)16-10-28/h7-20,33H,21-26H2,1-6H3/t33-/m1/s1. The average molecular weight is 913 g/mol. The van der Waals surface area contributed by atoms with Crippen LogP contribution in [-0.2, 0) is 34.4 Å². The van der Waals surface area contributed by atoms with Crippen molar-refractivity contribution in [2.24, 2.45) is 0 Å². The minimum Gasteiger partial charge on any atom is -0.497 e. The Labute approximate surface area is 345 Å². The summed E-state index contributed by atoms with van der Waals surface area (Å²) in [5, 5.41) is 13.4. The number of benzene rings is 4. The summed E-state index contributed by atoms with van der Waals surface area (Å²) >= 11 is 3.57. The van der Waals surface area contributed by atoms with E-state index in [1.165, 1.54) is 20.9 Å². The Balaban J connectivity index is 1.43. The number of carbonyl (C=O) groups excluding carboxylic acids is 1. The van der Waals surface area contributed by atoms with E-state index >= 15 is 8.42 Å². The zero-order valence-corrected chi connectivity index (χ0v) is 35.9. The first kappa shape index (κ1) is 41.2. The number of likely N-dealkylation sites (tertiary alicyclic amines) is 1. The highest BCUT2D eigenvalue weighted by Crippen LogP contribution is 2.42. The van der Waals surface area contributed by atoms with Crippen LogP contribution in [0.3, 0.4) is 0 Å². The van der Waals surface area contributed by atoms with Crippen LogP contribution in [0.2, 0.25) is 0 Å². The third-order valence-corrected chi connectivity index (χ3v) is 13.2. The van der Waals surface area contributed by atoms with Gasteiger partial charge in [-0.25, -0.2) is 13.2 Å². The van der Waals surface area contributed by atoms with Crippen molar-refractivity contribution < 1.29 is 32.2 Å². The zero-order valence-electron chi connectivity index (χ0n) is 32.1. The number of hydrogen-bond donors (Lipinski definition) is 0. The number of amides is 1. The lowest BCUT2D eigenvalue weighted by Crippen LogP contribution is -2.35. The average Bonchev–Trinajstić information content (AvgIpc) is 3.85. The monoisotopic (exact) mass is 912 g/mol. The number of tetrazole rings is 1. The molecule has 1 fully saturated rings. The number of ether oxygens (including phenoxy) is 4. The molecule has 13 nitrogen and oxygen atoms in total. The van der Waals surface area contributed by atoms with Crippen molar-refractivity contribution in [3.8, 4) is 28.6 Å². The van der Waals surface area contributed by atoms with Gasteiger partial charge < -0.3 is 23.8 Å². The van der Waals surface area contributed by atoms with Crippen molar-refractivity contribution in [2.45, 2.75) is 67.5 Å². The van der Waals surface area contributed by atoms with Crippen LogP contribution in [-0.4, -0.2) is 89.2 Å². The van der Waals surface area contributed by atoms with Crippen LogP contribution in [0.15, 0.2) is 94.7 Å². The second kappa shape index (κ2) is 17.8. The molecule has 0 radical (unpaired) electrons. The van der Waals surface area contributed by atoms with Gasteiger partial charge in [-0.3, -0.25) is 0 Å². The van der Waals surface area contributed by atoms with Crippen LogP contribution in [0, 0.1) is 3.57 Å². The first-order chi connectivity index (χ1) is 26.8. The molecule has 0 unspecified atom stereocenters. The minimum atomic E-state index is -4.30. The van der Waals surface area contributed by atoms with Gasteiger partial charge in [-0.2, -0.15) is 9.10 Å². The molecule has 2 heterocycles. The number of hydrogen-bond acceptors (Lipinski definition) is 11. The van der Waals surface area contributed by atoms with E-state index in [2.05, 4.69) is 32.9 Å². The van der Waals surface area contributed by atoms with Crippen LogP contribution < -0.4 is 14.2 Å². The Morgan fingerprint density at radius 3 is 1.89 bits per heavy atom. The van der Waals surface area contributed by atoms with Gasteiger partial charge in [-0.05, 0) is 120 Å². The van der Waals surface area contributed by atoms with Gasteiger partial charge in [0.1, 0.15) is 27.7 Å². The van der Waals surface area contributed by atoms with Crippen molar-refractivity contribution in [3.05, 3.63) is 105 Å². The fraction of sp³-hybridized carbons (Fsp3) is 0.350. The molecule has 0 spiro atoms. The SMILES string of the molecule is COc1ccc(CN(Cc2ccc(OC)cc2)S(=O)(=O)c2c(S[C@@H]3CCN(C(=O)OC(C)(C)C)C3)ccc(I)c2-c2nnn(Cc3ccc(OC)cc3)n2)cc1. The van der Waals surface area contributed by atoms with Crippen LogP contribution in [0.25, 0.3) is 11.4 Å². The first-order valence-corrected chi connectivity index (χ1v) is 21.3. The highest BCUT2D eigenvalue weighted by Gasteiger charge is 2.36. The summed E-state index contributed by atoms with van der Waals surface area (Å²) in [6.45, 7) is 6.86. The smallest absolute Gasteiger partial charge is 0.410 e. The molecular weight excluding hydrogens is 868 g/mol. The number of carbonyl (C=O) groups is 1. The van der Waals surface area contributed by atoms with Gasteiger partial charge in [-0.1, -0.05) is 36.4 Å². The molecule has 0 aliphatic carbocycles. The summed E-state index contributed by atoms with van der Waals surface area (Å²) < 4.78 is 54.8. The normalized spacial score (nSPS) is 14.6. The molecule has 6 rings (SSSR count). The lowest BCUT2D eigenvalue weighted by atomic mass is 10.2. The first-order valence-electron chi connectivity index (χ1n) is 17.9. The molecule has 1 aliphatic rings. The Morgan fingerprint density at radius 1 is 0.839 bits per heavy atom. The van der Waals surface area contributed by atoms with E-state index in [9.17, 15) is 4.79 Å². The molecule has 1 amide bonds. The maximum absolute atomic E-state index is 15.5. The van der Waals surface area contributed by atoms with Gasteiger partial charge in [-0.15, -0.1) is 22.0 Å². The predicted molar refractivity (Wildman–Crippen MR) is 223 cm³/mol. The molecule has 1 aromatic heterocycles. The molecule has 0 bridgehead atoms.